The van der Waals surface area contributed by atoms with Crippen molar-refractivity contribution in [2.45, 2.75) is 12.8 Å². The number of amides is 1. The molecule has 2 heterocycles. The average molecular weight is 280 g/mol. The standard InChI is InChI=1S/C12H12N2O4S/c15-11(16)5-10-9(2-4-18-10)12(17)13-3-1-8-6-19-7-14-8/h2,4,6-7H,1,3,5H2,(H,13,17)(H,15,16). The Morgan fingerprint density at radius 2 is 2.32 bits per heavy atom. The highest BCUT2D eigenvalue weighted by Crippen LogP contribution is 2.11. The first kappa shape index (κ1) is 13.3. The minimum absolute atomic E-state index is 0.165. The number of aromatic nitrogens is 1. The zero-order valence-electron chi connectivity index (χ0n) is 9.96. The SMILES string of the molecule is O=C(O)Cc1occc1C(=O)NCCc1cscn1. The van der Waals surface area contributed by atoms with Crippen LogP contribution in [0.25, 0.3) is 0 Å². The van der Waals surface area contributed by atoms with E-state index in [4.69, 9.17) is 9.52 Å². The van der Waals surface area contributed by atoms with Gasteiger partial charge < -0.3 is 14.8 Å². The van der Waals surface area contributed by atoms with Gasteiger partial charge >= 0.3 is 5.97 Å². The highest BCUT2D eigenvalue weighted by Gasteiger charge is 2.16. The number of nitrogens with zero attached hydrogens (tertiary/aromatic N) is 1. The summed E-state index contributed by atoms with van der Waals surface area (Å²) in [7, 11) is 0. The molecule has 100 valence electrons. The van der Waals surface area contributed by atoms with E-state index in [1.165, 1.54) is 23.7 Å². The summed E-state index contributed by atoms with van der Waals surface area (Å²) in [6, 6.07) is 1.47. The molecule has 0 saturated heterocycles. The van der Waals surface area contributed by atoms with Crippen LogP contribution in [0.1, 0.15) is 21.8 Å². The first-order chi connectivity index (χ1) is 9.16. The van der Waals surface area contributed by atoms with Crippen LogP contribution in [0.2, 0.25) is 0 Å². The summed E-state index contributed by atoms with van der Waals surface area (Å²) in [5.41, 5.74) is 2.92. The molecule has 2 rings (SSSR count). The molecule has 7 heteroatoms. The second-order valence-electron chi connectivity index (χ2n) is 3.81. The second-order valence-corrected chi connectivity index (χ2v) is 4.53. The van der Waals surface area contributed by atoms with Gasteiger partial charge in [-0.25, -0.2) is 4.98 Å². The molecule has 0 atom stereocenters. The van der Waals surface area contributed by atoms with Crippen molar-refractivity contribution >= 4 is 23.2 Å². The molecule has 0 radical (unpaired) electrons. The van der Waals surface area contributed by atoms with Crippen molar-refractivity contribution in [3.8, 4) is 0 Å². The fraction of sp³-hybridized carbons (Fsp3) is 0.250. The second kappa shape index (κ2) is 6.14. The molecule has 0 spiro atoms. The molecular formula is C12H12N2O4S. The van der Waals surface area contributed by atoms with Crippen molar-refractivity contribution in [2.24, 2.45) is 0 Å². The van der Waals surface area contributed by atoms with Crippen LogP contribution in [0, 0.1) is 0 Å². The van der Waals surface area contributed by atoms with Gasteiger partial charge in [0, 0.05) is 18.3 Å². The van der Waals surface area contributed by atoms with Crippen molar-refractivity contribution < 1.29 is 19.1 Å². The lowest BCUT2D eigenvalue weighted by Crippen LogP contribution is -2.26. The first-order valence-electron chi connectivity index (χ1n) is 5.60. The maximum Gasteiger partial charge on any atom is 0.311 e. The molecule has 0 unspecified atom stereocenters. The van der Waals surface area contributed by atoms with Crippen LogP contribution >= 0.6 is 11.3 Å². The number of carbonyl (C=O) groups excluding carboxylic acids is 1. The lowest BCUT2D eigenvalue weighted by molar-refractivity contribution is -0.136. The van der Waals surface area contributed by atoms with Crippen LogP contribution in [0.15, 0.2) is 27.6 Å². The Balaban J connectivity index is 1.89. The van der Waals surface area contributed by atoms with Gasteiger partial charge in [-0.1, -0.05) is 0 Å². The monoisotopic (exact) mass is 280 g/mol. The van der Waals surface area contributed by atoms with Gasteiger partial charge in [0.2, 0.25) is 0 Å². The van der Waals surface area contributed by atoms with Crippen LogP contribution in [-0.2, 0) is 17.6 Å². The van der Waals surface area contributed by atoms with Crippen LogP contribution in [-0.4, -0.2) is 28.5 Å². The predicted octanol–water partition coefficient (Wildman–Crippen LogP) is 1.34. The number of aliphatic carboxylic acids is 1. The number of carboxylic acids is 1. The van der Waals surface area contributed by atoms with E-state index >= 15 is 0 Å². The number of nitrogens with one attached hydrogen (secondary N) is 1. The Morgan fingerprint density at radius 3 is 3.00 bits per heavy atom. The Bertz CT molecular complexity index is 562. The lowest BCUT2D eigenvalue weighted by Gasteiger charge is -2.03. The van der Waals surface area contributed by atoms with E-state index in [2.05, 4.69) is 10.3 Å². The number of carbonyl (C=O) groups is 2. The van der Waals surface area contributed by atoms with Crippen molar-refractivity contribution in [3.05, 3.63) is 40.2 Å². The predicted molar refractivity (Wildman–Crippen MR) is 68.2 cm³/mol. The average Bonchev–Trinajstić information content (AvgIpc) is 2.99. The summed E-state index contributed by atoms with van der Waals surface area (Å²) in [5, 5.41) is 13.3. The van der Waals surface area contributed by atoms with Crippen molar-refractivity contribution in [3.63, 3.8) is 0 Å². The van der Waals surface area contributed by atoms with Crippen molar-refractivity contribution in [1.29, 1.82) is 0 Å². The molecule has 2 N–H and O–H groups in total. The van der Waals surface area contributed by atoms with Gasteiger partial charge in [-0.3, -0.25) is 9.59 Å². The fourth-order valence-electron chi connectivity index (χ4n) is 1.58. The van der Waals surface area contributed by atoms with Gasteiger partial charge in [0.1, 0.15) is 12.2 Å². The van der Waals surface area contributed by atoms with E-state index < -0.39 is 5.97 Å². The van der Waals surface area contributed by atoms with Gasteiger partial charge in [0.25, 0.3) is 5.91 Å². The summed E-state index contributed by atoms with van der Waals surface area (Å²) in [5.74, 6) is -1.20. The Hall–Kier alpha value is -2.15. The molecule has 0 fully saturated rings. The van der Waals surface area contributed by atoms with Gasteiger partial charge in [-0.15, -0.1) is 11.3 Å². The van der Waals surface area contributed by atoms with Gasteiger partial charge in [0.15, 0.2) is 0 Å². The van der Waals surface area contributed by atoms with Gasteiger partial charge in [0.05, 0.1) is 23.0 Å². The van der Waals surface area contributed by atoms with E-state index in [0.717, 1.165) is 5.69 Å². The van der Waals surface area contributed by atoms with Gasteiger partial charge in [-0.2, -0.15) is 0 Å². The lowest BCUT2D eigenvalue weighted by atomic mass is 10.2. The molecule has 2 aromatic rings. The maximum absolute atomic E-state index is 11.9. The third-order valence-electron chi connectivity index (χ3n) is 2.45. The highest BCUT2D eigenvalue weighted by atomic mass is 32.1. The number of hydrogen-bond donors (Lipinski definition) is 2. The molecule has 6 nitrogen and oxygen atoms in total. The van der Waals surface area contributed by atoms with E-state index in [0.29, 0.717) is 13.0 Å². The van der Waals surface area contributed by atoms with Crippen LogP contribution in [0.3, 0.4) is 0 Å². The molecule has 0 bridgehead atoms. The molecule has 0 saturated carbocycles. The van der Waals surface area contributed by atoms with E-state index in [1.807, 2.05) is 5.38 Å². The molecule has 0 aromatic carbocycles. The number of furan rings is 1. The zero-order chi connectivity index (χ0) is 13.7. The Labute approximate surface area is 113 Å². The van der Waals surface area contributed by atoms with E-state index in [9.17, 15) is 9.59 Å². The summed E-state index contributed by atoms with van der Waals surface area (Å²) < 4.78 is 5.00. The molecule has 0 aliphatic carbocycles. The maximum atomic E-state index is 11.9. The number of rotatable bonds is 6. The minimum Gasteiger partial charge on any atom is -0.481 e. The van der Waals surface area contributed by atoms with Crippen LogP contribution in [0.5, 0.6) is 0 Å². The molecule has 2 aromatic heterocycles. The minimum atomic E-state index is -1.04. The molecule has 1 amide bonds. The summed E-state index contributed by atoms with van der Waals surface area (Å²) >= 11 is 1.50. The Kier molecular flexibility index (Phi) is 4.30. The van der Waals surface area contributed by atoms with Crippen LogP contribution < -0.4 is 5.32 Å². The smallest absolute Gasteiger partial charge is 0.311 e. The third-order valence-corrected chi connectivity index (χ3v) is 3.09. The summed E-state index contributed by atoms with van der Waals surface area (Å²) in [6.07, 6.45) is 1.65. The topological polar surface area (TPSA) is 92.4 Å². The highest BCUT2D eigenvalue weighted by molar-refractivity contribution is 7.07. The molecule has 0 aliphatic heterocycles. The third kappa shape index (κ3) is 3.65. The largest absolute Gasteiger partial charge is 0.481 e. The normalized spacial score (nSPS) is 10.3. The van der Waals surface area contributed by atoms with E-state index in [1.54, 1.807) is 5.51 Å². The molecule has 0 aliphatic rings. The molecule has 19 heavy (non-hydrogen) atoms. The molecular weight excluding hydrogens is 268 g/mol. The van der Waals surface area contributed by atoms with E-state index in [-0.39, 0.29) is 23.7 Å². The van der Waals surface area contributed by atoms with Crippen molar-refractivity contribution in [2.75, 3.05) is 6.54 Å². The van der Waals surface area contributed by atoms with Crippen molar-refractivity contribution in [1.82, 2.24) is 10.3 Å². The zero-order valence-corrected chi connectivity index (χ0v) is 10.8. The summed E-state index contributed by atoms with van der Waals surface area (Å²) in [4.78, 5) is 26.6. The quantitative estimate of drug-likeness (QED) is 0.833. The Morgan fingerprint density at radius 1 is 1.47 bits per heavy atom. The first-order valence-corrected chi connectivity index (χ1v) is 6.54. The van der Waals surface area contributed by atoms with Gasteiger partial charge in [-0.05, 0) is 6.07 Å². The number of hydrogen-bond acceptors (Lipinski definition) is 5. The number of thiazole rings is 1. The summed E-state index contributed by atoms with van der Waals surface area (Å²) in [6.45, 7) is 0.445. The number of carboxylic acid groups (broad SMARTS) is 1. The fourth-order valence-corrected chi connectivity index (χ4v) is 2.17. The van der Waals surface area contributed by atoms with Crippen LogP contribution in [0.4, 0.5) is 0 Å².